The van der Waals surface area contributed by atoms with Crippen LogP contribution in [0.4, 0.5) is 0 Å². The second-order valence-electron chi connectivity index (χ2n) is 2.64. The van der Waals surface area contributed by atoms with E-state index in [-0.39, 0.29) is 18.0 Å². The zero-order valence-electron chi connectivity index (χ0n) is 7.41. The van der Waals surface area contributed by atoms with Gasteiger partial charge in [0.2, 0.25) is 0 Å². The van der Waals surface area contributed by atoms with Gasteiger partial charge >= 0.3 is 5.97 Å². The molecular weight excluding hydrogens is 172 g/mol. The third-order valence-corrected chi connectivity index (χ3v) is 1.59. The number of aromatic carboxylic acids is 1. The van der Waals surface area contributed by atoms with E-state index >= 15 is 0 Å². The smallest absolute Gasteiger partial charge is 0.358 e. The van der Waals surface area contributed by atoms with Gasteiger partial charge in [-0.1, -0.05) is 6.92 Å². The molecule has 1 aromatic rings. The maximum atomic E-state index is 10.6. The molecule has 13 heavy (non-hydrogen) atoms. The molecule has 1 heterocycles. The fourth-order valence-electron chi connectivity index (χ4n) is 1.03. The predicted octanol–water partition coefficient (Wildman–Crippen LogP) is 0.784. The van der Waals surface area contributed by atoms with E-state index in [0.29, 0.717) is 12.3 Å². The highest BCUT2D eigenvalue weighted by molar-refractivity contribution is 5.86. The van der Waals surface area contributed by atoms with Crippen molar-refractivity contribution < 1.29 is 14.3 Å². The lowest BCUT2D eigenvalue weighted by Crippen LogP contribution is -2.04. The van der Waals surface area contributed by atoms with Crippen LogP contribution in [-0.4, -0.2) is 16.1 Å². The maximum Gasteiger partial charge on any atom is 0.358 e. The first-order valence-corrected chi connectivity index (χ1v) is 4.11. The van der Waals surface area contributed by atoms with E-state index in [1.54, 1.807) is 0 Å². The highest BCUT2D eigenvalue weighted by Gasteiger charge is 2.17. The van der Waals surface area contributed by atoms with Gasteiger partial charge in [-0.25, -0.2) is 9.78 Å². The lowest BCUT2D eigenvalue weighted by atomic mass is 10.3. The Hall–Kier alpha value is -1.36. The molecule has 0 aliphatic rings. The van der Waals surface area contributed by atoms with Gasteiger partial charge in [0, 0.05) is 6.42 Å². The number of hydrogen-bond acceptors (Lipinski definition) is 4. The molecule has 5 nitrogen and oxygen atoms in total. The molecule has 0 unspecified atom stereocenters. The van der Waals surface area contributed by atoms with E-state index in [4.69, 9.17) is 15.3 Å². The molecule has 1 aromatic heterocycles. The molecule has 0 amide bonds. The lowest BCUT2D eigenvalue weighted by molar-refractivity contribution is 0.0688. The van der Waals surface area contributed by atoms with Crippen LogP contribution in [0.25, 0.3) is 0 Å². The summed E-state index contributed by atoms with van der Waals surface area (Å²) in [5.41, 5.74) is 5.24. The minimum absolute atomic E-state index is 0.0639. The number of carbonyl (C=O) groups is 1. The molecule has 0 fully saturated rings. The maximum absolute atomic E-state index is 10.6. The van der Waals surface area contributed by atoms with Crippen molar-refractivity contribution in [1.29, 1.82) is 0 Å². The molecule has 0 radical (unpaired) electrons. The Morgan fingerprint density at radius 3 is 2.77 bits per heavy atom. The Labute approximate surface area is 75.6 Å². The molecule has 0 aromatic carbocycles. The van der Waals surface area contributed by atoms with Gasteiger partial charge < -0.3 is 15.3 Å². The molecule has 0 saturated heterocycles. The van der Waals surface area contributed by atoms with E-state index in [2.05, 4.69) is 4.98 Å². The second kappa shape index (κ2) is 4.04. The fourth-order valence-corrected chi connectivity index (χ4v) is 1.03. The Bertz CT molecular complexity index is 306. The first kappa shape index (κ1) is 9.73. The molecule has 0 aliphatic heterocycles. The van der Waals surface area contributed by atoms with Crippen LogP contribution in [0.3, 0.4) is 0 Å². The molecule has 3 N–H and O–H groups in total. The number of carboxylic acid groups (broad SMARTS) is 1. The van der Waals surface area contributed by atoms with Gasteiger partial charge in [0.1, 0.15) is 0 Å². The van der Waals surface area contributed by atoms with Crippen molar-refractivity contribution in [3.63, 3.8) is 0 Å². The van der Waals surface area contributed by atoms with Gasteiger partial charge in [-0.05, 0) is 6.42 Å². The van der Waals surface area contributed by atoms with Crippen molar-refractivity contribution in [2.24, 2.45) is 5.73 Å². The number of nitrogens with zero attached hydrogens (tertiary/aromatic N) is 1. The van der Waals surface area contributed by atoms with Crippen LogP contribution in [0.1, 0.15) is 35.5 Å². The first-order chi connectivity index (χ1) is 6.19. The zero-order valence-corrected chi connectivity index (χ0v) is 7.41. The molecule has 5 heteroatoms. The van der Waals surface area contributed by atoms with Crippen molar-refractivity contribution in [3.8, 4) is 0 Å². The van der Waals surface area contributed by atoms with Gasteiger partial charge in [-0.3, -0.25) is 0 Å². The number of hydrogen-bond donors (Lipinski definition) is 2. The average molecular weight is 184 g/mol. The third kappa shape index (κ3) is 2.06. The van der Waals surface area contributed by atoms with E-state index < -0.39 is 5.97 Å². The number of carboxylic acids is 1. The summed E-state index contributed by atoms with van der Waals surface area (Å²) in [6, 6.07) is 0. The minimum Gasteiger partial charge on any atom is -0.476 e. The summed E-state index contributed by atoms with van der Waals surface area (Å²) in [7, 11) is 0. The van der Waals surface area contributed by atoms with E-state index in [1.807, 2.05) is 6.92 Å². The number of nitrogens with two attached hydrogens (primary N) is 1. The SMILES string of the molecule is CCCc1nc(C(=O)O)c(CN)o1. The van der Waals surface area contributed by atoms with Crippen LogP contribution >= 0.6 is 0 Å². The standard InChI is InChI=1S/C8H12N2O3/c1-2-3-6-10-7(8(11)12)5(4-9)13-6/h2-4,9H2,1H3,(H,11,12). The molecule has 0 atom stereocenters. The van der Waals surface area contributed by atoms with Crippen LogP contribution in [0.2, 0.25) is 0 Å². The third-order valence-electron chi connectivity index (χ3n) is 1.59. The Morgan fingerprint density at radius 2 is 2.38 bits per heavy atom. The highest BCUT2D eigenvalue weighted by atomic mass is 16.4. The first-order valence-electron chi connectivity index (χ1n) is 4.11. The molecular formula is C8H12N2O3. The summed E-state index contributed by atoms with van der Waals surface area (Å²) >= 11 is 0. The van der Waals surface area contributed by atoms with Crippen LogP contribution < -0.4 is 5.73 Å². The fraction of sp³-hybridized carbons (Fsp3) is 0.500. The highest BCUT2D eigenvalue weighted by Crippen LogP contribution is 2.11. The largest absolute Gasteiger partial charge is 0.476 e. The van der Waals surface area contributed by atoms with Crippen molar-refractivity contribution in [1.82, 2.24) is 4.98 Å². The summed E-state index contributed by atoms with van der Waals surface area (Å²) in [6.45, 7) is 2.03. The van der Waals surface area contributed by atoms with Gasteiger partial charge in [0.15, 0.2) is 17.3 Å². The summed E-state index contributed by atoms with van der Waals surface area (Å²) in [4.78, 5) is 14.4. The van der Waals surface area contributed by atoms with Gasteiger partial charge in [0.25, 0.3) is 0 Å². The van der Waals surface area contributed by atoms with E-state index in [1.165, 1.54) is 0 Å². The number of oxazole rings is 1. The van der Waals surface area contributed by atoms with E-state index in [9.17, 15) is 4.79 Å². The summed E-state index contributed by atoms with van der Waals surface area (Å²) in [6.07, 6.45) is 1.50. The van der Waals surface area contributed by atoms with Gasteiger partial charge in [-0.2, -0.15) is 0 Å². The molecule has 0 spiro atoms. The number of aromatic nitrogens is 1. The Morgan fingerprint density at radius 1 is 1.69 bits per heavy atom. The van der Waals surface area contributed by atoms with E-state index in [0.717, 1.165) is 6.42 Å². The topological polar surface area (TPSA) is 89.3 Å². The predicted molar refractivity (Wildman–Crippen MR) is 45.3 cm³/mol. The Balaban J connectivity index is 2.97. The Kier molecular flexibility index (Phi) is 3.02. The molecule has 0 saturated carbocycles. The molecule has 0 aliphatic carbocycles. The summed E-state index contributed by atoms with van der Waals surface area (Å²) in [5, 5.41) is 8.70. The minimum atomic E-state index is -1.09. The van der Waals surface area contributed by atoms with Gasteiger partial charge in [-0.15, -0.1) is 0 Å². The second-order valence-corrected chi connectivity index (χ2v) is 2.64. The normalized spacial score (nSPS) is 10.3. The summed E-state index contributed by atoms with van der Waals surface area (Å²) in [5.74, 6) is -0.400. The average Bonchev–Trinajstić information content (AvgIpc) is 2.48. The molecule has 72 valence electrons. The lowest BCUT2D eigenvalue weighted by Gasteiger charge is -1.89. The molecule has 0 bridgehead atoms. The van der Waals surface area contributed by atoms with Crippen LogP contribution in [0, 0.1) is 0 Å². The zero-order chi connectivity index (χ0) is 9.84. The van der Waals surface area contributed by atoms with Crippen LogP contribution in [0.5, 0.6) is 0 Å². The van der Waals surface area contributed by atoms with Gasteiger partial charge in [0.05, 0.1) is 6.54 Å². The number of aryl methyl sites for hydroxylation is 1. The monoisotopic (exact) mass is 184 g/mol. The quantitative estimate of drug-likeness (QED) is 0.721. The number of rotatable bonds is 4. The van der Waals surface area contributed by atoms with Crippen molar-refractivity contribution in [2.45, 2.75) is 26.3 Å². The van der Waals surface area contributed by atoms with Crippen molar-refractivity contribution >= 4 is 5.97 Å². The van der Waals surface area contributed by atoms with Crippen LogP contribution in [-0.2, 0) is 13.0 Å². The molecule has 1 rings (SSSR count). The van der Waals surface area contributed by atoms with Crippen molar-refractivity contribution in [2.75, 3.05) is 0 Å². The van der Waals surface area contributed by atoms with Crippen LogP contribution in [0.15, 0.2) is 4.42 Å². The van der Waals surface area contributed by atoms with Crippen molar-refractivity contribution in [3.05, 3.63) is 17.3 Å². The summed E-state index contributed by atoms with van der Waals surface area (Å²) < 4.78 is 5.15.